The molecule has 0 bridgehead atoms. The van der Waals surface area contributed by atoms with Crippen molar-refractivity contribution in [2.24, 2.45) is 0 Å². The fourth-order valence-corrected chi connectivity index (χ4v) is 2.76. The Morgan fingerprint density at radius 2 is 1.62 bits per heavy atom. The SMILES string of the molecule is CC(Cc1ccc(Br)cc1)NCCCCc1ccccc1. The van der Waals surface area contributed by atoms with Crippen LogP contribution in [-0.2, 0) is 12.8 Å². The van der Waals surface area contributed by atoms with E-state index < -0.39 is 0 Å². The van der Waals surface area contributed by atoms with E-state index in [1.54, 1.807) is 0 Å². The minimum absolute atomic E-state index is 0.530. The second-order valence-corrected chi connectivity index (χ2v) is 6.54. The van der Waals surface area contributed by atoms with Crippen molar-refractivity contribution in [2.75, 3.05) is 6.54 Å². The van der Waals surface area contributed by atoms with Crippen molar-refractivity contribution in [3.8, 4) is 0 Å². The van der Waals surface area contributed by atoms with Gasteiger partial charge in [0.2, 0.25) is 0 Å². The van der Waals surface area contributed by atoms with E-state index in [0.29, 0.717) is 6.04 Å². The van der Waals surface area contributed by atoms with Crippen molar-refractivity contribution < 1.29 is 0 Å². The monoisotopic (exact) mass is 345 g/mol. The van der Waals surface area contributed by atoms with Crippen LogP contribution in [0.15, 0.2) is 59.1 Å². The summed E-state index contributed by atoms with van der Waals surface area (Å²) in [6, 6.07) is 19.9. The Morgan fingerprint density at radius 3 is 2.33 bits per heavy atom. The molecule has 0 amide bonds. The van der Waals surface area contributed by atoms with Crippen LogP contribution in [0.5, 0.6) is 0 Å². The molecule has 0 saturated heterocycles. The van der Waals surface area contributed by atoms with Crippen molar-refractivity contribution >= 4 is 15.9 Å². The molecule has 0 aromatic heterocycles. The predicted molar refractivity (Wildman–Crippen MR) is 94.7 cm³/mol. The topological polar surface area (TPSA) is 12.0 Å². The standard InChI is InChI=1S/C19H24BrN/c1-16(15-18-10-12-19(20)13-11-18)21-14-6-5-9-17-7-3-2-4-8-17/h2-4,7-8,10-13,16,21H,5-6,9,14-15H2,1H3. The van der Waals surface area contributed by atoms with E-state index in [1.807, 2.05) is 0 Å². The number of unbranched alkanes of at least 4 members (excludes halogenated alkanes) is 1. The fourth-order valence-electron chi connectivity index (χ4n) is 2.49. The average Bonchev–Trinajstić information content (AvgIpc) is 2.50. The van der Waals surface area contributed by atoms with Gasteiger partial charge < -0.3 is 5.32 Å². The van der Waals surface area contributed by atoms with Crippen LogP contribution in [0.2, 0.25) is 0 Å². The summed E-state index contributed by atoms with van der Waals surface area (Å²) in [5.74, 6) is 0. The molecular formula is C19H24BrN. The van der Waals surface area contributed by atoms with E-state index >= 15 is 0 Å². The number of aryl methyl sites for hydroxylation is 1. The molecule has 1 atom stereocenters. The molecule has 1 unspecified atom stereocenters. The largest absolute Gasteiger partial charge is 0.314 e. The van der Waals surface area contributed by atoms with E-state index in [2.05, 4.69) is 82.8 Å². The Balaban J connectivity index is 1.59. The molecule has 1 nitrogen and oxygen atoms in total. The first-order valence-electron chi connectivity index (χ1n) is 7.76. The highest BCUT2D eigenvalue weighted by Gasteiger charge is 2.02. The van der Waals surface area contributed by atoms with Crippen LogP contribution in [0.1, 0.15) is 30.9 Å². The maximum Gasteiger partial charge on any atom is 0.0175 e. The van der Waals surface area contributed by atoms with Crippen LogP contribution in [-0.4, -0.2) is 12.6 Å². The molecule has 1 N–H and O–H groups in total. The predicted octanol–water partition coefficient (Wildman–Crippen LogP) is 4.99. The molecule has 2 aromatic carbocycles. The molecule has 112 valence electrons. The number of rotatable bonds is 8. The van der Waals surface area contributed by atoms with Crippen molar-refractivity contribution in [3.05, 3.63) is 70.2 Å². The van der Waals surface area contributed by atoms with Crippen LogP contribution in [0, 0.1) is 0 Å². The smallest absolute Gasteiger partial charge is 0.0175 e. The fraction of sp³-hybridized carbons (Fsp3) is 0.368. The number of halogens is 1. The lowest BCUT2D eigenvalue weighted by molar-refractivity contribution is 0.525. The van der Waals surface area contributed by atoms with Crippen molar-refractivity contribution in [1.29, 1.82) is 0 Å². The molecule has 0 spiro atoms. The lowest BCUT2D eigenvalue weighted by Gasteiger charge is -2.14. The molecule has 21 heavy (non-hydrogen) atoms. The third-order valence-electron chi connectivity index (χ3n) is 3.68. The third-order valence-corrected chi connectivity index (χ3v) is 4.21. The summed E-state index contributed by atoms with van der Waals surface area (Å²) in [5, 5.41) is 3.62. The number of hydrogen-bond donors (Lipinski definition) is 1. The van der Waals surface area contributed by atoms with Crippen molar-refractivity contribution in [1.82, 2.24) is 5.32 Å². The van der Waals surface area contributed by atoms with Crippen LogP contribution in [0.4, 0.5) is 0 Å². The van der Waals surface area contributed by atoms with E-state index in [4.69, 9.17) is 0 Å². The highest BCUT2D eigenvalue weighted by molar-refractivity contribution is 9.10. The highest BCUT2D eigenvalue weighted by atomic mass is 79.9. The van der Waals surface area contributed by atoms with E-state index in [0.717, 1.165) is 17.4 Å². The molecule has 0 saturated carbocycles. The number of hydrogen-bond acceptors (Lipinski definition) is 1. The van der Waals surface area contributed by atoms with Gasteiger partial charge in [-0.15, -0.1) is 0 Å². The van der Waals surface area contributed by atoms with E-state index in [9.17, 15) is 0 Å². The molecule has 2 aromatic rings. The molecule has 0 aliphatic heterocycles. The summed E-state index contributed by atoms with van der Waals surface area (Å²) >= 11 is 3.47. The van der Waals surface area contributed by atoms with E-state index in [1.165, 1.54) is 30.4 Å². The van der Waals surface area contributed by atoms with Crippen LogP contribution in [0.25, 0.3) is 0 Å². The molecule has 0 fully saturated rings. The summed E-state index contributed by atoms with van der Waals surface area (Å²) < 4.78 is 1.15. The Hall–Kier alpha value is -1.12. The van der Waals surface area contributed by atoms with Gasteiger partial charge in [-0.2, -0.15) is 0 Å². The zero-order valence-electron chi connectivity index (χ0n) is 12.7. The van der Waals surface area contributed by atoms with Gasteiger partial charge in [0.05, 0.1) is 0 Å². The highest BCUT2D eigenvalue weighted by Crippen LogP contribution is 2.12. The Bertz CT molecular complexity index is 507. The molecular weight excluding hydrogens is 322 g/mol. The van der Waals surface area contributed by atoms with Gasteiger partial charge in [-0.1, -0.05) is 58.4 Å². The minimum Gasteiger partial charge on any atom is -0.314 e. The molecule has 2 heteroatoms. The Kier molecular flexibility index (Phi) is 6.98. The summed E-state index contributed by atoms with van der Waals surface area (Å²) in [4.78, 5) is 0. The summed E-state index contributed by atoms with van der Waals surface area (Å²) in [6.45, 7) is 3.36. The maximum absolute atomic E-state index is 3.62. The van der Waals surface area contributed by atoms with Crippen LogP contribution in [0.3, 0.4) is 0 Å². The average molecular weight is 346 g/mol. The minimum atomic E-state index is 0.530. The Morgan fingerprint density at radius 1 is 0.905 bits per heavy atom. The van der Waals surface area contributed by atoms with Crippen LogP contribution >= 0.6 is 15.9 Å². The van der Waals surface area contributed by atoms with Gasteiger partial charge in [0.25, 0.3) is 0 Å². The van der Waals surface area contributed by atoms with Crippen molar-refractivity contribution in [3.63, 3.8) is 0 Å². The number of benzene rings is 2. The first-order chi connectivity index (χ1) is 10.2. The molecule has 0 radical (unpaired) electrons. The zero-order chi connectivity index (χ0) is 14.9. The second kappa shape index (κ2) is 9.01. The normalized spacial score (nSPS) is 12.3. The summed E-state index contributed by atoms with van der Waals surface area (Å²) in [5.41, 5.74) is 2.84. The van der Waals surface area contributed by atoms with Gasteiger partial charge in [0.15, 0.2) is 0 Å². The number of nitrogens with one attached hydrogen (secondary N) is 1. The van der Waals surface area contributed by atoms with Gasteiger partial charge in [0.1, 0.15) is 0 Å². The molecule has 0 aliphatic carbocycles. The van der Waals surface area contributed by atoms with Gasteiger partial charge in [-0.3, -0.25) is 0 Å². The second-order valence-electron chi connectivity index (χ2n) is 5.63. The zero-order valence-corrected chi connectivity index (χ0v) is 14.3. The van der Waals surface area contributed by atoms with Gasteiger partial charge >= 0.3 is 0 Å². The molecule has 2 rings (SSSR count). The van der Waals surface area contributed by atoms with Gasteiger partial charge in [0, 0.05) is 10.5 Å². The van der Waals surface area contributed by atoms with Gasteiger partial charge in [-0.25, -0.2) is 0 Å². The van der Waals surface area contributed by atoms with Gasteiger partial charge in [-0.05, 0) is 62.4 Å². The first kappa shape index (κ1) is 16.3. The Labute approximate surface area is 136 Å². The third kappa shape index (κ3) is 6.45. The lowest BCUT2D eigenvalue weighted by Crippen LogP contribution is -2.29. The quantitative estimate of drug-likeness (QED) is 0.664. The van der Waals surface area contributed by atoms with Crippen LogP contribution < -0.4 is 5.32 Å². The maximum atomic E-state index is 3.62. The summed E-state index contributed by atoms with van der Waals surface area (Å²) in [7, 11) is 0. The summed E-state index contributed by atoms with van der Waals surface area (Å²) in [6.07, 6.45) is 4.76. The molecule has 0 heterocycles. The van der Waals surface area contributed by atoms with E-state index in [-0.39, 0.29) is 0 Å². The molecule has 0 aliphatic rings. The first-order valence-corrected chi connectivity index (χ1v) is 8.55. The lowest BCUT2D eigenvalue weighted by atomic mass is 10.1. The van der Waals surface area contributed by atoms with Crippen molar-refractivity contribution in [2.45, 2.75) is 38.6 Å².